The average Bonchev–Trinajstić information content (AvgIpc) is 2.50. The van der Waals surface area contributed by atoms with Gasteiger partial charge >= 0.3 is 6.02 Å². The van der Waals surface area contributed by atoms with Crippen molar-refractivity contribution in [3.8, 4) is 0 Å². The van der Waals surface area contributed by atoms with Gasteiger partial charge in [-0.2, -0.15) is 4.99 Å². The van der Waals surface area contributed by atoms with Crippen LogP contribution in [-0.4, -0.2) is 11.7 Å². The van der Waals surface area contributed by atoms with Gasteiger partial charge in [0.25, 0.3) is 0 Å². The van der Waals surface area contributed by atoms with Crippen molar-refractivity contribution in [1.29, 1.82) is 0 Å². The molecule has 0 radical (unpaired) electrons. The summed E-state index contributed by atoms with van der Waals surface area (Å²) in [7, 11) is 0. The van der Waals surface area contributed by atoms with E-state index < -0.39 is 5.72 Å². The Morgan fingerprint density at radius 1 is 1.20 bits per heavy atom. The summed E-state index contributed by atoms with van der Waals surface area (Å²) in [5.74, 6) is 0. The van der Waals surface area contributed by atoms with Crippen LogP contribution >= 0.6 is 0 Å². The Labute approximate surface area is 88.7 Å². The molecule has 1 aromatic carbocycles. The van der Waals surface area contributed by atoms with Crippen molar-refractivity contribution in [2.75, 3.05) is 0 Å². The van der Waals surface area contributed by atoms with Gasteiger partial charge in [-0.05, 0) is 32.9 Å². The van der Waals surface area contributed by atoms with Gasteiger partial charge in [-0.15, -0.1) is 5.11 Å². The van der Waals surface area contributed by atoms with Crippen LogP contribution in [0.5, 0.6) is 0 Å². The van der Waals surface area contributed by atoms with Crippen LogP contribution < -0.4 is 0 Å². The molecule has 0 bridgehead atoms. The second kappa shape index (κ2) is 3.46. The first-order valence-corrected chi connectivity index (χ1v) is 4.82. The van der Waals surface area contributed by atoms with E-state index in [1.165, 1.54) is 5.56 Å². The third-order valence-electron chi connectivity index (χ3n) is 1.98. The monoisotopic (exact) mass is 203 g/mol. The molecule has 1 aromatic rings. The van der Waals surface area contributed by atoms with Crippen LogP contribution in [0.25, 0.3) is 0 Å². The number of rotatable bonds is 1. The summed E-state index contributed by atoms with van der Waals surface area (Å²) in [6, 6.07) is 8.16. The molecule has 0 aromatic heterocycles. The fraction of sp³-hybridized carbons (Fsp3) is 0.364. The molecule has 2 rings (SSSR count). The Bertz CT molecular complexity index is 418. The summed E-state index contributed by atoms with van der Waals surface area (Å²) < 4.78 is 5.40. The van der Waals surface area contributed by atoms with Gasteiger partial charge in [0.05, 0.1) is 5.69 Å². The number of aryl methyl sites for hydroxylation is 1. The highest BCUT2D eigenvalue weighted by atomic mass is 16.5. The lowest BCUT2D eigenvalue weighted by Crippen LogP contribution is -2.17. The van der Waals surface area contributed by atoms with E-state index in [9.17, 15) is 0 Å². The van der Waals surface area contributed by atoms with Crippen LogP contribution in [0.3, 0.4) is 0 Å². The number of azo groups is 1. The summed E-state index contributed by atoms with van der Waals surface area (Å²) in [6.45, 7) is 5.72. The van der Waals surface area contributed by atoms with E-state index in [2.05, 4.69) is 15.2 Å². The molecule has 1 aliphatic rings. The average molecular weight is 203 g/mol. The minimum Gasteiger partial charge on any atom is -0.433 e. The van der Waals surface area contributed by atoms with Crippen molar-refractivity contribution in [3.63, 3.8) is 0 Å². The standard InChI is InChI=1S/C11H13N3O/c1-8-4-6-9(7-5-8)12-10-13-14-11(2,3)15-10/h4-7H,1-3H3. The first kappa shape index (κ1) is 9.83. The Balaban J connectivity index is 2.19. The molecule has 4 heteroatoms. The first-order chi connectivity index (χ1) is 7.05. The van der Waals surface area contributed by atoms with Crippen molar-refractivity contribution in [1.82, 2.24) is 0 Å². The summed E-state index contributed by atoms with van der Waals surface area (Å²) >= 11 is 0. The van der Waals surface area contributed by atoms with Gasteiger partial charge in [0.15, 0.2) is 0 Å². The van der Waals surface area contributed by atoms with Gasteiger partial charge in [-0.25, -0.2) is 0 Å². The molecular weight excluding hydrogens is 190 g/mol. The Morgan fingerprint density at radius 3 is 2.40 bits per heavy atom. The van der Waals surface area contributed by atoms with Crippen LogP contribution in [0.15, 0.2) is 39.5 Å². The SMILES string of the molecule is Cc1ccc(N=C2N=NC(C)(C)O2)cc1. The van der Waals surface area contributed by atoms with E-state index in [4.69, 9.17) is 4.74 Å². The van der Waals surface area contributed by atoms with E-state index >= 15 is 0 Å². The summed E-state index contributed by atoms with van der Waals surface area (Å²) in [6.07, 6.45) is 0. The van der Waals surface area contributed by atoms with Gasteiger partial charge in [-0.1, -0.05) is 22.8 Å². The Kier molecular flexibility index (Phi) is 2.26. The van der Waals surface area contributed by atoms with E-state index in [0.29, 0.717) is 6.02 Å². The van der Waals surface area contributed by atoms with Gasteiger partial charge in [0, 0.05) is 0 Å². The second-order valence-electron chi connectivity index (χ2n) is 3.98. The van der Waals surface area contributed by atoms with Gasteiger partial charge in [0.2, 0.25) is 5.72 Å². The van der Waals surface area contributed by atoms with Crippen LogP contribution in [0, 0.1) is 6.92 Å². The molecule has 0 atom stereocenters. The van der Waals surface area contributed by atoms with Crippen molar-refractivity contribution in [3.05, 3.63) is 29.8 Å². The normalized spacial score (nSPS) is 20.6. The fourth-order valence-electron chi connectivity index (χ4n) is 1.20. The molecule has 78 valence electrons. The number of amidine groups is 1. The number of benzene rings is 1. The molecule has 0 aliphatic carbocycles. The first-order valence-electron chi connectivity index (χ1n) is 4.82. The molecule has 0 fully saturated rings. The minimum absolute atomic E-state index is 0.323. The quantitative estimate of drug-likeness (QED) is 0.691. The molecule has 0 N–H and O–H groups in total. The lowest BCUT2D eigenvalue weighted by Gasteiger charge is -2.10. The van der Waals surface area contributed by atoms with E-state index in [0.717, 1.165) is 5.69 Å². The zero-order valence-corrected chi connectivity index (χ0v) is 9.06. The topological polar surface area (TPSA) is 46.3 Å². The summed E-state index contributed by atoms with van der Waals surface area (Å²) in [4.78, 5) is 4.23. The van der Waals surface area contributed by atoms with Crippen LogP contribution in [0.4, 0.5) is 5.69 Å². The maximum atomic E-state index is 5.40. The third-order valence-corrected chi connectivity index (χ3v) is 1.98. The fourth-order valence-corrected chi connectivity index (χ4v) is 1.20. The Hall–Kier alpha value is -1.71. The van der Waals surface area contributed by atoms with Crippen molar-refractivity contribution < 1.29 is 4.74 Å². The van der Waals surface area contributed by atoms with Gasteiger partial charge in [-0.3, -0.25) is 0 Å². The predicted octanol–water partition coefficient (Wildman–Crippen LogP) is 3.20. The number of nitrogens with zero attached hydrogens (tertiary/aromatic N) is 3. The summed E-state index contributed by atoms with van der Waals surface area (Å²) in [5.41, 5.74) is 1.45. The highest BCUT2D eigenvalue weighted by Gasteiger charge is 2.26. The maximum absolute atomic E-state index is 5.40. The van der Waals surface area contributed by atoms with E-state index in [1.54, 1.807) is 0 Å². The molecule has 1 aliphatic heterocycles. The lowest BCUT2D eigenvalue weighted by atomic mass is 10.2. The Morgan fingerprint density at radius 2 is 1.87 bits per heavy atom. The molecule has 0 unspecified atom stereocenters. The molecule has 4 nitrogen and oxygen atoms in total. The van der Waals surface area contributed by atoms with Crippen LogP contribution in [0.1, 0.15) is 19.4 Å². The highest BCUT2D eigenvalue weighted by molar-refractivity contribution is 5.78. The van der Waals surface area contributed by atoms with Gasteiger partial charge < -0.3 is 4.74 Å². The molecule has 0 saturated heterocycles. The predicted molar refractivity (Wildman–Crippen MR) is 58.3 cm³/mol. The van der Waals surface area contributed by atoms with Crippen molar-refractivity contribution in [2.45, 2.75) is 26.5 Å². The van der Waals surface area contributed by atoms with E-state index in [1.807, 2.05) is 45.0 Å². The maximum Gasteiger partial charge on any atom is 0.338 e. The van der Waals surface area contributed by atoms with E-state index in [-0.39, 0.29) is 0 Å². The summed E-state index contributed by atoms with van der Waals surface area (Å²) in [5, 5.41) is 7.79. The number of ether oxygens (including phenoxy) is 1. The number of hydrogen-bond acceptors (Lipinski definition) is 3. The zero-order chi connectivity index (χ0) is 10.9. The molecule has 0 spiro atoms. The van der Waals surface area contributed by atoms with Crippen LogP contribution in [0.2, 0.25) is 0 Å². The largest absolute Gasteiger partial charge is 0.433 e. The lowest BCUT2D eigenvalue weighted by molar-refractivity contribution is 0.123. The molecule has 0 saturated carbocycles. The third kappa shape index (κ3) is 2.40. The molecular formula is C11H13N3O. The second-order valence-corrected chi connectivity index (χ2v) is 3.98. The zero-order valence-electron chi connectivity index (χ0n) is 9.06. The minimum atomic E-state index is -0.580. The van der Waals surface area contributed by atoms with Crippen LogP contribution in [-0.2, 0) is 4.74 Å². The van der Waals surface area contributed by atoms with Crippen molar-refractivity contribution >= 4 is 11.7 Å². The van der Waals surface area contributed by atoms with Gasteiger partial charge in [0.1, 0.15) is 0 Å². The molecule has 1 heterocycles. The van der Waals surface area contributed by atoms with Crippen molar-refractivity contribution in [2.24, 2.45) is 15.2 Å². The molecule has 0 amide bonds. The smallest absolute Gasteiger partial charge is 0.338 e. The highest BCUT2D eigenvalue weighted by Crippen LogP contribution is 2.22. The molecule has 15 heavy (non-hydrogen) atoms. The number of aliphatic imine (C=N–C) groups is 1. The number of hydrogen-bond donors (Lipinski definition) is 0.